The van der Waals surface area contributed by atoms with Crippen molar-refractivity contribution in [3.8, 4) is 5.75 Å². The first-order valence-electron chi connectivity index (χ1n) is 8.50. The zero-order valence-corrected chi connectivity index (χ0v) is 14.5. The van der Waals surface area contributed by atoms with Crippen LogP contribution >= 0.6 is 0 Å². The molecule has 25 heavy (non-hydrogen) atoms. The fourth-order valence-electron chi connectivity index (χ4n) is 3.37. The zero-order valence-electron chi connectivity index (χ0n) is 14.5. The zero-order chi connectivity index (χ0) is 17.8. The smallest absolute Gasteiger partial charge is 0.318 e. The Hall–Kier alpha value is -2.57. The number of benzene rings is 1. The minimum absolute atomic E-state index is 0.0848. The van der Waals surface area contributed by atoms with E-state index in [1.165, 1.54) is 13.2 Å². The van der Waals surface area contributed by atoms with Crippen LogP contribution in [0.2, 0.25) is 0 Å². The first-order valence-corrected chi connectivity index (χ1v) is 8.50. The summed E-state index contributed by atoms with van der Waals surface area (Å²) in [5.74, 6) is 0.813. The summed E-state index contributed by atoms with van der Waals surface area (Å²) in [6, 6.07) is 3.82. The molecule has 0 bridgehead atoms. The molecule has 2 unspecified atom stereocenters. The van der Waals surface area contributed by atoms with Gasteiger partial charge in [-0.1, -0.05) is 6.07 Å². The van der Waals surface area contributed by atoms with Gasteiger partial charge in [0.2, 0.25) is 0 Å². The highest BCUT2D eigenvalue weighted by molar-refractivity contribution is 5.75. The molecule has 0 saturated carbocycles. The number of methoxy groups -OCH3 is 1. The predicted molar refractivity (Wildman–Crippen MR) is 91.8 cm³/mol. The van der Waals surface area contributed by atoms with Gasteiger partial charge in [-0.15, -0.1) is 0 Å². The van der Waals surface area contributed by atoms with Crippen molar-refractivity contribution in [2.45, 2.75) is 38.3 Å². The average molecular weight is 346 g/mol. The molecule has 1 saturated heterocycles. The third-order valence-electron chi connectivity index (χ3n) is 4.60. The van der Waals surface area contributed by atoms with Crippen molar-refractivity contribution in [3.05, 3.63) is 47.8 Å². The Kier molecular flexibility index (Phi) is 5.21. The number of aromatic amines is 1. The number of carbonyl (C=O) groups is 1. The van der Waals surface area contributed by atoms with Gasteiger partial charge in [-0.25, -0.2) is 14.2 Å². The number of aromatic nitrogens is 2. The summed E-state index contributed by atoms with van der Waals surface area (Å²) in [7, 11) is 1.49. The van der Waals surface area contributed by atoms with Crippen LogP contribution in [0.25, 0.3) is 0 Å². The first kappa shape index (κ1) is 17.3. The van der Waals surface area contributed by atoms with Crippen LogP contribution in [0.1, 0.15) is 49.7 Å². The van der Waals surface area contributed by atoms with Gasteiger partial charge >= 0.3 is 6.03 Å². The van der Waals surface area contributed by atoms with Crippen LogP contribution in [0.5, 0.6) is 5.75 Å². The maximum Gasteiger partial charge on any atom is 0.318 e. The van der Waals surface area contributed by atoms with E-state index in [4.69, 9.17) is 4.74 Å². The van der Waals surface area contributed by atoms with Crippen LogP contribution in [0, 0.1) is 5.82 Å². The Bertz CT molecular complexity index is 720. The molecule has 1 aromatic carbocycles. The molecule has 1 aliphatic heterocycles. The van der Waals surface area contributed by atoms with Gasteiger partial charge in [-0.2, -0.15) is 0 Å². The highest BCUT2D eigenvalue weighted by Gasteiger charge is 2.31. The number of carbonyl (C=O) groups excluding carboxylic acids is 1. The number of rotatable bonds is 4. The lowest BCUT2D eigenvalue weighted by Crippen LogP contribution is -2.45. The van der Waals surface area contributed by atoms with E-state index in [2.05, 4.69) is 15.3 Å². The summed E-state index contributed by atoms with van der Waals surface area (Å²) < 4.78 is 19.5. The van der Waals surface area contributed by atoms with E-state index in [0.717, 1.165) is 25.1 Å². The van der Waals surface area contributed by atoms with Gasteiger partial charge in [0.05, 0.1) is 24.8 Å². The van der Waals surface area contributed by atoms with Crippen molar-refractivity contribution in [3.63, 3.8) is 0 Å². The monoisotopic (exact) mass is 346 g/mol. The summed E-state index contributed by atoms with van der Waals surface area (Å²) in [6.07, 6.45) is 6.30. The molecular weight excluding hydrogens is 323 g/mol. The van der Waals surface area contributed by atoms with E-state index >= 15 is 0 Å². The van der Waals surface area contributed by atoms with Gasteiger partial charge in [0.15, 0.2) is 0 Å². The second-order valence-electron chi connectivity index (χ2n) is 6.21. The summed E-state index contributed by atoms with van der Waals surface area (Å²) in [6.45, 7) is 2.41. The molecule has 6 nitrogen and oxygen atoms in total. The Morgan fingerprint density at radius 2 is 2.32 bits per heavy atom. The molecule has 134 valence electrons. The summed E-state index contributed by atoms with van der Waals surface area (Å²) >= 11 is 0. The van der Waals surface area contributed by atoms with Crippen molar-refractivity contribution in [2.24, 2.45) is 0 Å². The van der Waals surface area contributed by atoms with Crippen LogP contribution in [-0.2, 0) is 0 Å². The third kappa shape index (κ3) is 3.60. The Balaban J connectivity index is 1.77. The fraction of sp³-hybridized carbons (Fsp3) is 0.444. The second kappa shape index (κ2) is 7.55. The van der Waals surface area contributed by atoms with E-state index in [0.29, 0.717) is 17.9 Å². The minimum Gasteiger partial charge on any atom is -0.496 e. The Morgan fingerprint density at radius 3 is 3.04 bits per heavy atom. The Morgan fingerprint density at radius 1 is 1.48 bits per heavy atom. The number of amides is 2. The number of nitrogens with zero attached hydrogens (tertiary/aromatic N) is 2. The van der Waals surface area contributed by atoms with Crippen molar-refractivity contribution in [1.82, 2.24) is 20.2 Å². The molecule has 7 heteroatoms. The molecule has 1 aliphatic rings. The number of nitrogens with one attached hydrogen (secondary N) is 2. The molecule has 2 amide bonds. The number of piperidine rings is 1. The number of urea groups is 1. The molecule has 1 fully saturated rings. The van der Waals surface area contributed by atoms with E-state index in [1.807, 2.05) is 0 Å². The van der Waals surface area contributed by atoms with Crippen LogP contribution in [0.3, 0.4) is 0 Å². The molecule has 0 aliphatic carbocycles. The lowest BCUT2D eigenvalue weighted by atomic mass is 10.0. The lowest BCUT2D eigenvalue weighted by Gasteiger charge is -2.35. The summed E-state index contributed by atoms with van der Waals surface area (Å²) in [5, 5.41) is 2.90. The van der Waals surface area contributed by atoms with Gasteiger partial charge in [0, 0.05) is 18.9 Å². The highest BCUT2D eigenvalue weighted by Crippen LogP contribution is 2.31. The van der Waals surface area contributed by atoms with Gasteiger partial charge in [-0.05, 0) is 38.3 Å². The molecule has 2 atom stereocenters. The summed E-state index contributed by atoms with van der Waals surface area (Å²) in [4.78, 5) is 22.0. The number of H-pyrrole nitrogens is 1. The Labute approximate surface area is 146 Å². The number of imidazole rings is 1. The molecule has 0 radical (unpaired) electrons. The van der Waals surface area contributed by atoms with E-state index < -0.39 is 11.9 Å². The highest BCUT2D eigenvalue weighted by atomic mass is 19.1. The van der Waals surface area contributed by atoms with Crippen molar-refractivity contribution >= 4 is 6.03 Å². The van der Waals surface area contributed by atoms with Crippen molar-refractivity contribution in [2.75, 3.05) is 13.7 Å². The molecular formula is C18H23FN4O2. The largest absolute Gasteiger partial charge is 0.496 e. The van der Waals surface area contributed by atoms with Crippen LogP contribution in [0.4, 0.5) is 9.18 Å². The number of halogens is 1. The SMILES string of the molecule is COc1cccc(F)c1C(C)NC(=O)N1CCCCC1c1ncc[nH]1. The number of hydrogen-bond donors (Lipinski definition) is 2. The number of hydrogen-bond acceptors (Lipinski definition) is 3. The minimum atomic E-state index is -0.511. The molecule has 2 heterocycles. The molecule has 3 rings (SSSR count). The van der Waals surface area contributed by atoms with Gasteiger partial charge in [0.1, 0.15) is 17.4 Å². The fourth-order valence-corrected chi connectivity index (χ4v) is 3.37. The lowest BCUT2D eigenvalue weighted by molar-refractivity contribution is 0.145. The first-order chi connectivity index (χ1) is 12.1. The maximum absolute atomic E-state index is 14.2. The normalized spacial score (nSPS) is 18.7. The standard InChI is InChI=1S/C18H23FN4O2/c1-12(16-13(19)6-5-8-15(16)25-2)22-18(24)23-11-4-3-7-14(23)17-20-9-10-21-17/h5-6,8-10,12,14H,3-4,7,11H2,1-2H3,(H,20,21)(H,22,24). The molecule has 2 aromatic rings. The quantitative estimate of drug-likeness (QED) is 0.889. The second-order valence-corrected chi connectivity index (χ2v) is 6.21. The maximum atomic E-state index is 14.2. The molecule has 2 N–H and O–H groups in total. The van der Waals surface area contributed by atoms with Gasteiger partial charge in [-0.3, -0.25) is 0 Å². The van der Waals surface area contributed by atoms with Gasteiger partial charge in [0.25, 0.3) is 0 Å². The van der Waals surface area contributed by atoms with Gasteiger partial charge < -0.3 is 19.9 Å². The average Bonchev–Trinajstić information content (AvgIpc) is 3.15. The van der Waals surface area contributed by atoms with Crippen LogP contribution < -0.4 is 10.1 Å². The summed E-state index contributed by atoms with van der Waals surface area (Å²) in [5.41, 5.74) is 0.352. The predicted octanol–water partition coefficient (Wildman–Crippen LogP) is 3.56. The molecule has 0 spiro atoms. The van der Waals surface area contributed by atoms with E-state index in [9.17, 15) is 9.18 Å². The van der Waals surface area contributed by atoms with Crippen molar-refractivity contribution in [1.29, 1.82) is 0 Å². The number of ether oxygens (including phenoxy) is 1. The van der Waals surface area contributed by atoms with E-state index in [-0.39, 0.29) is 12.1 Å². The third-order valence-corrected chi connectivity index (χ3v) is 4.60. The number of likely N-dealkylation sites (tertiary alicyclic amines) is 1. The van der Waals surface area contributed by atoms with Crippen molar-refractivity contribution < 1.29 is 13.9 Å². The van der Waals surface area contributed by atoms with Crippen LogP contribution in [-0.4, -0.2) is 34.6 Å². The molecule has 1 aromatic heterocycles. The van der Waals surface area contributed by atoms with E-state index in [1.54, 1.807) is 36.4 Å². The van der Waals surface area contributed by atoms with Crippen LogP contribution in [0.15, 0.2) is 30.6 Å². The topological polar surface area (TPSA) is 70.2 Å².